The maximum absolute atomic E-state index is 15.3. The summed E-state index contributed by atoms with van der Waals surface area (Å²) in [5.41, 5.74) is -2.47. The summed E-state index contributed by atoms with van der Waals surface area (Å²) in [6.45, 7) is 4.83. The number of halogens is 8. The molecule has 0 saturated carbocycles. The van der Waals surface area contributed by atoms with Crippen molar-refractivity contribution in [1.29, 1.82) is 0 Å². The third kappa shape index (κ3) is 7.82. The van der Waals surface area contributed by atoms with E-state index in [4.69, 9.17) is 14.2 Å². The number of hydrogen-bond donors (Lipinski definition) is 0. The van der Waals surface area contributed by atoms with Gasteiger partial charge in [0.2, 0.25) is 0 Å². The first kappa shape index (κ1) is 35.3. The quantitative estimate of drug-likeness (QED) is 0.110. The number of hydrogen-bond acceptors (Lipinski definition) is 4. The Bertz CT molecular complexity index is 1710. The predicted octanol–water partition coefficient (Wildman–Crippen LogP) is 10.2. The van der Waals surface area contributed by atoms with Crippen LogP contribution in [0.15, 0.2) is 60.7 Å². The van der Waals surface area contributed by atoms with Crippen LogP contribution in [0.3, 0.4) is 0 Å². The van der Waals surface area contributed by atoms with Crippen LogP contribution in [0.4, 0.5) is 35.1 Å². The Kier molecular flexibility index (Phi) is 11.1. The summed E-state index contributed by atoms with van der Waals surface area (Å²) < 4.78 is 140. The summed E-state index contributed by atoms with van der Waals surface area (Å²) in [5, 5.41) is 0. The lowest BCUT2D eigenvalue weighted by atomic mass is 9.97. The molecular weight excluding hydrogens is 648 g/mol. The second-order valence-electron chi connectivity index (χ2n) is 11.3. The van der Waals surface area contributed by atoms with Crippen LogP contribution >= 0.6 is 0 Å². The van der Waals surface area contributed by atoms with Crippen molar-refractivity contribution < 1.29 is 54.1 Å². The van der Waals surface area contributed by atoms with Crippen molar-refractivity contribution in [2.45, 2.75) is 58.0 Å². The third-order valence-corrected chi connectivity index (χ3v) is 7.77. The minimum atomic E-state index is -4.69. The zero-order valence-corrected chi connectivity index (χ0v) is 26.0. The number of ether oxygens (including phenoxy) is 4. The predicted molar refractivity (Wildman–Crippen MR) is 161 cm³/mol. The van der Waals surface area contributed by atoms with E-state index >= 15 is 8.78 Å². The maximum atomic E-state index is 15.3. The van der Waals surface area contributed by atoms with Crippen LogP contribution in [-0.2, 0) is 26.7 Å². The molecule has 1 heterocycles. The fraction of sp³-hybridized carbons (Fsp3) is 0.333. The topological polar surface area (TPSA) is 36.9 Å². The molecule has 0 spiro atoms. The molecular formula is C36H32F8O4. The standard InChI is InChI=1S/C36H32F8O4/c1-3-5-11-45-24-18-46-35(47-19-24)21-8-10-25(29(38)13-21)20-7-9-26(28(37)12-20)22-14-32(41)34(33(42)15-22)36(43,44)48-23-16-30(39)27(6-4-2)31(40)17-23/h7-10,12-17,24,35H,3-6,11,18-19H2,1-2H3. The Morgan fingerprint density at radius 1 is 0.688 bits per heavy atom. The van der Waals surface area contributed by atoms with Gasteiger partial charge in [0.15, 0.2) is 6.29 Å². The van der Waals surface area contributed by atoms with Gasteiger partial charge in [0, 0.05) is 41.0 Å². The normalized spacial score (nSPS) is 16.7. The van der Waals surface area contributed by atoms with Gasteiger partial charge in [0.1, 0.15) is 52.3 Å². The summed E-state index contributed by atoms with van der Waals surface area (Å²) in [5.74, 6) is -8.61. The second-order valence-corrected chi connectivity index (χ2v) is 11.3. The zero-order valence-electron chi connectivity index (χ0n) is 26.0. The Labute approximate surface area is 272 Å². The Morgan fingerprint density at radius 2 is 1.27 bits per heavy atom. The van der Waals surface area contributed by atoms with Crippen LogP contribution in [-0.4, -0.2) is 25.9 Å². The van der Waals surface area contributed by atoms with Crippen molar-refractivity contribution in [3.05, 3.63) is 112 Å². The third-order valence-electron chi connectivity index (χ3n) is 7.77. The van der Waals surface area contributed by atoms with Gasteiger partial charge in [0.05, 0.1) is 13.2 Å². The van der Waals surface area contributed by atoms with Crippen molar-refractivity contribution in [2.75, 3.05) is 19.8 Å². The molecule has 0 aromatic heterocycles. The number of rotatable bonds is 12. The molecule has 256 valence electrons. The molecule has 0 atom stereocenters. The molecule has 0 bridgehead atoms. The Balaban J connectivity index is 1.32. The molecule has 0 radical (unpaired) electrons. The van der Waals surface area contributed by atoms with Crippen molar-refractivity contribution in [1.82, 2.24) is 0 Å². The van der Waals surface area contributed by atoms with Crippen LogP contribution in [0, 0.1) is 34.9 Å². The van der Waals surface area contributed by atoms with E-state index < -0.39 is 64.2 Å². The van der Waals surface area contributed by atoms with Crippen LogP contribution in [0.2, 0.25) is 0 Å². The van der Waals surface area contributed by atoms with Gasteiger partial charge in [-0.05, 0) is 48.2 Å². The van der Waals surface area contributed by atoms with Crippen molar-refractivity contribution in [3.8, 4) is 28.0 Å². The van der Waals surface area contributed by atoms with Gasteiger partial charge in [-0.25, -0.2) is 26.3 Å². The molecule has 0 unspecified atom stereocenters. The molecule has 0 N–H and O–H groups in total. The van der Waals surface area contributed by atoms with E-state index in [2.05, 4.69) is 4.74 Å². The molecule has 4 aromatic carbocycles. The van der Waals surface area contributed by atoms with Crippen LogP contribution in [0.1, 0.15) is 56.1 Å². The monoisotopic (exact) mass is 680 g/mol. The van der Waals surface area contributed by atoms with Gasteiger partial charge in [-0.15, -0.1) is 0 Å². The van der Waals surface area contributed by atoms with Gasteiger partial charge >= 0.3 is 6.11 Å². The van der Waals surface area contributed by atoms with Gasteiger partial charge < -0.3 is 18.9 Å². The summed E-state index contributed by atoms with van der Waals surface area (Å²) in [6, 6.07) is 9.45. The SMILES string of the molecule is CCCCOC1COC(c2ccc(-c3ccc(-c4cc(F)c(C(F)(F)Oc5cc(F)c(CCC)c(F)c5)c(F)c4)c(F)c3)c(F)c2)OC1. The summed E-state index contributed by atoms with van der Waals surface area (Å²) >= 11 is 0. The molecule has 12 heteroatoms. The molecule has 1 saturated heterocycles. The van der Waals surface area contributed by atoms with E-state index in [1.807, 2.05) is 6.92 Å². The fourth-order valence-corrected chi connectivity index (χ4v) is 5.33. The highest BCUT2D eigenvalue weighted by Crippen LogP contribution is 2.39. The summed E-state index contributed by atoms with van der Waals surface area (Å²) in [6.07, 6.45) is -3.47. The largest absolute Gasteiger partial charge is 0.432 e. The summed E-state index contributed by atoms with van der Waals surface area (Å²) in [7, 11) is 0. The minimum Gasteiger partial charge on any atom is -0.429 e. The lowest BCUT2D eigenvalue weighted by Gasteiger charge is -2.29. The highest BCUT2D eigenvalue weighted by molar-refractivity contribution is 5.72. The summed E-state index contributed by atoms with van der Waals surface area (Å²) in [4.78, 5) is 0. The molecule has 1 fully saturated rings. The first-order chi connectivity index (χ1) is 22.9. The van der Waals surface area contributed by atoms with Crippen LogP contribution in [0.5, 0.6) is 5.75 Å². The highest BCUT2D eigenvalue weighted by Gasteiger charge is 2.41. The van der Waals surface area contributed by atoms with E-state index in [-0.39, 0.29) is 48.0 Å². The molecule has 0 amide bonds. The van der Waals surface area contributed by atoms with Gasteiger partial charge in [-0.3, -0.25) is 0 Å². The molecule has 4 aromatic rings. The number of unbranched alkanes of at least 4 members (excludes halogenated alkanes) is 1. The lowest BCUT2D eigenvalue weighted by molar-refractivity contribution is -0.230. The first-order valence-electron chi connectivity index (χ1n) is 15.4. The van der Waals surface area contributed by atoms with Crippen molar-refractivity contribution in [3.63, 3.8) is 0 Å². The average Bonchev–Trinajstić information content (AvgIpc) is 3.02. The maximum Gasteiger partial charge on any atom is 0.432 e. The van der Waals surface area contributed by atoms with E-state index in [1.165, 1.54) is 18.2 Å². The van der Waals surface area contributed by atoms with E-state index in [0.717, 1.165) is 25.0 Å². The Morgan fingerprint density at radius 3 is 1.85 bits per heavy atom. The van der Waals surface area contributed by atoms with Crippen LogP contribution < -0.4 is 4.74 Å². The minimum absolute atomic E-state index is 0.000726. The molecule has 5 rings (SSSR count). The first-order valence-corrected chi connectivity index (χ1v) is 15.4. The molecule has 1 aliphatic heterocycles. The highest BCUT2D eigenvalue weighted by atomic mass is 19.3. The van der Waals surface area contributed by atoms with E-state index in [9.17, 15) is 26.3 Å². The molecule has 0 aliphatic carbocycles. The van der Waals surface area contributed by atoms with Gasteiger partial charge in [-0.2, -0.15) is 8.78 Å². The van der Waals surface area contributed by atoms with Gasteiger partial charge in [-0.1, -0.05) is 51.0 Å². The van der Waals surface area contributed by atoms with Crippen molar-refractivity contribution >= 4 is 0 Å². The number of alkyl halides is 2. The molecule has 1 aliphatic rings. The molecule has 4 nitrogen and oxygen atoms in total. The van der Waals surface area contributed by atoms with E-state index in [0.29, 0.717) is 42.9 Å². The lowest BCUT2D eigenvalue weighted by Crippen LogP contribution is -2.33. The van der Waals surface area contributed by atoms with Crippen LogP contribution in [0.25, 0.3) is 22.3 Å². The molecule has 48 heavy (non-hydrogen) atoms. The number of benzene rings is 4. The average molecular weight is 681 g/mol. The smallest absolute Gasteiger partial charge is 0.429 e. The van der Waals surface area contributed by atoms with Crippen molar-refractivity contribution in [2.24, 2.45) is 0 Å². The van der Waals surface area contributed by atoms with E-state index in [1.54, 1.807) is 13.0 Å². The zero-order chi connectivity index (χ0) is 34.6. The van der Waals surface area contributed by atoms with Gasteiger partial charge in [0.25, 0.3) is 0 Å². The Hall–Kier alpha value is -4.00. The second kappa shape index (κ2) is 15.0. The fourth-order valence-electron chi connectivity index (χ4n) is 5.33.